The first-order valence-corrected chi connectivity index (χ1v) is 13.3. The fourth-order valence-electron chi connectivity index (χ4n) is 5.96. The van der Waals surface area contributed by atoms with Crippen molar-refractivity contribution in [2.75, 3.05) is 32.8 Å². The maximum absolute atomic E-state index is 14.0. The fraction of sp³-hybridized carbons (Fsp3) is 0.720. The number of aliphatic hydroxyl groups is 1. The largest absolute Gasteiger partial charge is 0.394 e. The van der Waals surface area contributed by atoms with Crippen molar-refractivity contribution in [3.63, 3.8) is 0 Å². The Labute approximate surface area is 201 Å². The van der Waals surface area contributed by atoms with Gasteiger partial charge in [-0.15, -0.1) is 11.8 Å². The van der Waals surface area contributed by atoms with Crippen molar-refractivity contribution < 1.29 is 19.5 Å². The number of nitrogens with zero attached hydrogens (tertiary/aromatic N) is 3. The minimum Gasteiger partial charge on any atom is -0.394 e. The number of amides is 3. The zero-order chi connectivity index (χ0) is 23.8. The number of fused-ring (bicyclic) bond motifs is 2. The number of carbonyl (C=O) groups excluding carboxylic acids is 3. The topological polar surface area (TPSA) is 81.2 Å². The monoisotopic (exact) mass is 475 g/mol. The van der Waals surface area contributed by atoms with Crippen LogP contribution in [0.5, 0.6) is 0 Å². The van der Waals surface area contributed by atoms with Crippen LogP contribution in [0.1, 0.15) is 46.5 Å². The second-order valence-electron chi connectivity index (χ2n) is 9.73. The molecule has 7 nitrogen and oxygen atoms in total. The van der Waals surface area contributed by atoms with Gasteiger partial charge in [0.15, 0.2) is 0 Å². The van der Waals surface area contributed by atoms with Crippen LogP contribution < -0.4 is 0 Å². The molecule has 3 amide bonds. The van der Waals surface area contributed by atoms with Crippen molar-refractivity contribution in [2.45, 2.75) is 68.5 Å². The highest BCUT2D eigenvalue weighted by atomic mass is 32.2. The lowest BCUT2D eigenvalue weighted by Crippen LogP contribution is -2.56. The molecule has 6 atom stereocenters. The Bertz CT molecular complexity index is 846. The van der Waals surface area contributed by atoms with Crippen LogP contribution in [0.15, 0.2) is 24.3 Å². The Morgan fingerprint density at radius 3 is 2.45 bits per heavy atom. The molecule has 4 aliphatic heterocycles. The first kappa shape index (κ1) is 24.3. The number of rotatable bonds is 8. The van der Waals surface area contributed by atoms with Crippen LogP contribution in [0.2, 0.25) is 0 Å². The first-order valence-electron chi connectivity index (χ1n) is 12.4. The van der Waals surface area contributed by atoms with Crippen LogP contribution >= 0.6 is 11.8 Å². The van der Waals surface area contributed by atoms with Gasteiger partial charge in [-0.3, -0.25) is 14.4 Å². The molecule has 33 heavy (non-hydrogen) atoms. The van der Waals surface area contributed by atoms with E-state index in [4.69, 9.17) is 0 Å². The van der Waals surface area contributed by atoms with Gasteiger partial charge in [-0.25, -0.2) is 0 Å². The van der Waals surface area contributed by atoms with Gasteiger partial charge in [0.2, 0.25) is 17.7 Å². The van der Waals surface area contributed by atoms with Gasteiger partial charge < -0.3 is 19.8 Å². The molecule has 0 aromatic heterocycles. The van der Waals surface area contributed by atoms with Gasteiger partial charge in [0.25, 0.3) is 0 Å². The van der Waals surface area contributed by atoms with E-state index < -0.39 is 28.7 Å². The van der Waals surface area contributed by atoms with Gasteiger partial charge in [0.1, 0.15) is 6.04 Å². The van der Waals surface area contributed by atoms with Crippen LogP contribution in [0.25, 0.3) is 0 Å². The van der Waals surface area contributed by atoms with Crippen LogP contribution in [0, 0.1) is 11.8 Å². The second kappa shape index (κ2) is 9.82. The maximum atomic E-state index is 14.0. The molecule has 1 unspecified atom stereocenters. The Kier molecular flexibility index (Phi) is 7.24. The summed E-state index contributed by atoms with van der Waals surface area (Å²) in [5.74, 6) is -1.31. The molecule has 4 rings (SSSR count). The number of likely N-dealkylation sites (tertiary alicyclic amines) is 1. The third kappa shape index (κ3) is 3.93. The van der Waals surface area contributed by atoms with E-state index in [-0.39, 0.29) is 29.6 Å². The summed E-state index contributed by atoms with van der Waals surface area (Å²) in [4.78, 5) is 46.9. The molecule has 1 spiro atoms. The number of hydrogen-bond acceptors (Lipinski definition) is 5. The van der Waals surface area contributed by atoms with E-state index in [1.807, 2.05) is 35.0 Å². The van der Waals surface area contributed by atoms with E-state index >= 15 is 0 Å². The average molecular weight is 476 g/mol. The van der Waals surface area contributed by atoms with Crippen molar-refractivity contribution in [3.8, 4) is 0 Å². The predicted molar refractivity (Wildman–Crippen MR) is 130 cm³/mol. The molecule has 8 heteroatoms. The highest BCUT2D eigenvalue weighted by Gasteiger charge is 2.71. The van der Waals surface area contributed by atoms with Gasteiger partial charge in [0.05, 0.1) is 29.2 Å². The molecule has 182 valence electrons. The van der Waals surface area contributed by atoms with Crippen LogP contribution in [0.3, 0.4) is 0 Å². The number of thioether (sulfide) groups is 1. The minimum atomic E-state index is -0.790. The average Bonchev–Trinajstić information content (AvgIpc) is 3.13. The Balaban J connectivity index is 1.76. The van der Waals surface area contributed by atoms with Gasteiger partial charge in [-0.1, -0.05) is 51.0 Å². The molecule has 4 heterocycles. The molecular weight excluding hydrogens is 438 g/mol. The third-order valence-electron chi connectivity index (χ3n) is 7.53. The molecule has 0 aliphatic carbocycles. The molecule has 0 bridgehead atoms. The molecule has 4 aliphatic rings. The van der Waals surface area contributed by atoms with Crippen molar-refractivity contribution in [1.82, 2.24) is 14.7 Å². The lowest BCUT2D eigenvalue weighted by Gasteiger charge is -2.37. The SMILES string of the molecule is CCCCCN1CC=C[C@]23S[C@@H]4C=CCN(CCC)C(=O)[C@@H]4[C@H]2C(=O)N([C@H](C)CO)C3C1=O. The molecular formula is C25H37N3O4S. The van der Waals surface area contributed by atoms with E-state index in [1.165, 1.54) is 0 Å². The number of aliphatic hydroxyl groups excluding tert-OH is 1. The smallest absolute Gasteiger partial charge is 0.247 e. The first-order chi connectivity index (χ1) is 15.9. The van der Waals surface area contributed by atoms with E-state index in [0.29, 0.717) is 26.2 Å². The fourth-order valence-corrected chi connectivity index (χ4v) is 7.96. The van der Waals surface area contributed by atoms with Crippen molar-refractivity contribution >= 4 is 29.5 Å². The van der Waals surface area contributed by atoms with E-state index in [0.717, 1.165) is 25.7 Å². The summed E-state index contributed by atoms with van der Waals surface area (Å²) in [5, 5.41) is 9.84. The van der Waals surface area contributed by atoms with Gasteiger partial charge >= 0.3 is 0 Å². The van der Waals surface area contributed by atoms with E-state index in [1.54, 1.807) is 23.6 Å². The highest BCUT2D eigenvalue weighted by Crippen LogP contribution is 2.61. The summed E-state index contributed by atoms with van der Waals surface area (Å²) in [6.45, 7) is 8.15. The predicted octanol–water partition coefficient (Wildman–Crippen LogP) is 2.06. The van der Waals surface area contributed by atoms with Gasteiger partial charge in [-0.2, -0.15) is 0 Å². The van der Waals surface area contributed by atoms with E-state index in [9.17, 15) is 19.5 Å². The van der Waals surface area contributed by atoms with Crippen LogP contribution in [-0.4, -0.2) is 92.4 Å². The molecule has 2 fully saturated rings. The summed E-state index contributed by atoms with van der Waals surface area (Å²) in [6, 6.07) is -1.18. The Morgan fingerprint density at radius 2 is 1.76 bits per heavy atom. The van der Waals surface area contributed by atoms with Crippen LogP contribution in [0.4, 0.5) is 0 Å². The lowest BCUT2D eigenvalue weighted by molar-refractivity contribution is -0.146. The zero-order valence-corrected chi connectivity index (χ0v) is 20.8. The number of unbranched alkanes of at least 4 members (excludes halogenated alkanes) is 2. The summed E-state index contributed by atoms with van der Waals surface area (Å²) in [6.07, 6.45) is 12.1. The zero-order valence-electron chi connectivity index (χ0n) is 20.0. The molecule has 0 aromatic rings. The van der Waals surface area contributed by atoms with Crippen molar-refractivity contribution in [2.24, 2.45) is 11.8 Å². The Hall–Kier alpha value is -1.80. The summed E-state index contributed by atoms with van der Waals surface area (Å²) < 4.78 is -0.790. The van der Waals surface area contributed by atoms with Gasteiger partial charge in [-0.05, 0) is 19.8 Å². The van der Waals surface area contributed by atoms with Crippen LogP contribution in [-0.2, 0) is 14.4 Å². The standard InChI is InChI=1S/C25H37N3O4S/c1-4-6-7-13-27-15-9-11-25-20(23(31)28(17(3)16-29)21(25)24(27)32)19-18(33-25)10-8-14-26(12-5-2)22(19)30/h8-11,17-21,29H,4-7,12-16H2,1-3H3/t17-,18-,19+,20+,21?,25+/m1/s1. The lowest BCUT2D eigenvalue weighted by atomic mass is 9.78. The van der Waals surface area contributed by atoms with E-state index in [2.05, 4.69) is 13.0 Å². The van der Waals surface area contributed by atoms with Crippen molar-refractivity contribution in [1.29, 1.82) is 0 Å². The molecule has 0 radical (unpaired) electrons. The quantitative estimate of drug-likeness (QED) is 0.429. The van der Waals surface area contributed by atoms with Crippen molar-refractivity contribution in [3.05, 3.63) is 24.3 Å². The molecule has 2 saturated heterocycles. The number of hydrogen-bond donors (Lipinski definition) is 1. The summed E-state index contributed by atoms with van der Waals surface area (Å²) in [7, 11) is 0. The number of carbonyl (C=O) groups is 3. The molecule has 1 N–H and O–H groups in total. The summed E-state index contributed by atoms with van der Waals surface area (Å²) >= 11 is 1.60. The van der Waals surface area contributed by atoms with Gasteiger partial charge in [0, 0.05) is 31.4 Å². The molecule has 0 saturated carbocycles. The maximum Gasteiger partial charge on any atom is 0.247 e. The Morgan fingerprint density at radius 1 is 1.03 bits per heavy atom. The minimum absolute atomic E-state index is 0.0109. The second-order valence-corrected chi connectivity index (χ2v) is 11.2. The summed E-state index contributed by atoms with van der Waals surface area (Å²) in [5.41, 5.74) is 0. The molecule has 0 aromatic carbocycles. The highest BCUT2D eigenvalue weighted by molar-refractivity contribution is 8.02. The third-order valence-corrected chi connectivity index (χ3v) is 9.27. The normalized spacial score (nSPS) is 34.3.